The molecule has 2 rings (SSSR count). The summed E-state index contributed by atoms with van der Waals surface area (Å²) in [7, 11) is 1.57. The molecule has 19 heavy (non-hydrogen) atoms. The van der Waals surface area contributed by atoms with Crippen LogP contribution in [-0.4, -0.2) is 35.7 Å². The maximum absolute atomic E-state index is 11.8. The minimum Gasteiger partial charge on any atom is -0.380 e. The van der Waals surface area contributed by atoms with Gasteiger partial charge in [-0.05, 0) is 25.1 Å². The molecule has 2 aromatic rings. The first kappa shape index (κ1) is 13.4. The summed E-state index contributed by atoms with van der Waals surface area (Å²) in [5.41, 5.74) is 1.76. The zero-order chi connectivity index (χ0) is 13.8. The molecule has 6 nitrogen and oxygen atoms in total. The molecule has 0 bridgehead atoms. The molecule has 1 aromatic carbocycles. The standard InChI is InChI=1S/C13H17N3O3/c1-3-19-7-6-16-11-5-4-9(12(17)14-2)8-10(11)15-13(16)18/h4-5,8H,3,6-7H2,1-2H3,(H,14,17)(H,15,18). The molecule has 0 aliphatic heterocycles. The highest BCUT2D eigenvalue weighted by Crippen LogP contribution is 2.12. The van der Waals surface area contributed by atoms with E-state index in [9.17, 15) is 9.59 Å². The van der Waals surface area contributed by atoms with Crippen LogP contribution in [0.5, 0.6) is 0 Å². The number of benzene rings is 1. The number of hydrogen-bond acceptors (Lipinski definition) is 3. The maximum atomic E-state index is 11.8. The number of hydrogen-bond donors (Lipinski definition) is 2. The maximum Gasteiger partial charge on any atom is 0.326 e. The molecule has 1 amide bonds. The number of carbonyl (C=O) groups is 1. The molecule has 102 valence electrons. The predicted octanol–water partition coefficient (Wildman–Crippen LogP) is 0.726. The molecule has 1 aromatic heterocycles. The van der Waals surface area contributed by atoms with Crippen LogP contribution in [0.2, 0.25) is 0 Å². The number of ether oxygens (including phenoxy) is 1. The summed E-state index contributed by atoms with van der Waals surface area (Å²) in [5, 5.41) is 2.55. The monoisotopic (exact) mass is 263 g/mol. The summed E-state index contributed by atoms with van der Waals surface area (Å²) >= 11 is 0. The third kappa shape index (κ3) is 2.68. The van der Waals surface area contributed by atoms with Gasteiger partial charge in [0.2, 0.25) is 0 Å². The predicted molar refractivity (Wildman–Crippen MR) is 72.4 cm³/mol. The molecule has 6 heteroatoms. The van der Waals surface area contributed by atoms with Gasteiger partial charge in [0.25, 0.3) is 5.91 Å². The Bertz CT molecular complexity index is 642. The van der Waals surface area contributed by atoms with Crippen molar-refractivity contribution in [2.24, 2.45) is 0 Å². The van der Waals surface area contributed by atoms with Gasteiger partial charge in [-0.2, -0.15) is 0 Å². The van der Waals surface area contributed by atoms with Crippen molar-refractivity contribution in [3.05, 3.63) is 34.2 Å². The summed E-state index contributed by atoms with van der Waals surface area (Å²) in [6.07, 6.45) is 0. The van der Waals surface area contributed by atoms with Crippen LogP contribution >= 0.6 is 0 Å². The van der Waals surface area contributed by atoms with Gasteiger partial charge in [0, 0.05) is 19.2 Å². The topological polar surface area (TPSA) is 76.1 Å². The number of H-pyrrole nitrogens is 1. The van der Waals surface area contributed by atoms with E-state index >= 15 is 0 Å². The fraction of sp³-hybridized carbons (Fsp3) is 0.385. The van der Waals surface area contributed by atoms with Crippen molar-refractivity contribution < 1.29 is 9.53 Å². The lowest BCUT2D eigenvalue weighted by molar-refractivity contribution is 0.0963. The quantitative estimate of drug-likeness (QED) is 0.781. The van der Waals surface area contributed by atoms with Crippen molar-refractivity contribution in [3.63, 3.8) is 0 Å². The van der Waals surface area contributed by atoms with Crippen LogP contribution in [0.3, 0.4) is 0 Å². The lowest BCUT2D eigenvalue weighted by Crippen LogP contribution is -2.19. The normalized spacial score (nSPS) is 10.8. The molecule has 0 spiro atoms. The number of carbonyl (C=O) groups excluding carboxylic acids is 1. The van der Waals surface area contributed by atoms with Crippen molar-refractivity contribution in [2.75, 3.05) is 20.3 Å². The third-order valence-electron chi connectivity index (χ3n) is 2.93. The van der Waals surface area contributed by atoms with Crippen LogP contribution in [0.25, 0.3) is 11.0 Å². The molecule has 1 heterocycles. The number of aromatic nitrogens is 2. The molecule has 0 aliphatic carbocycles. The Morgan fingerprint density at radius 2 is 2.26 bits per heavy atom. The van der Waals surface area contributed by atoms with Crippen molar-refractivity contribution in [3.8, 4) is 0 Å². The SMILES string of the molecule is CCOCCn1c(=O)[nH]c2cc(C(=O)NC)ccc21. The number of fused-ring (bicyclic) bond motifs is 1. The summed E-state index contributed by atoms with van der Waals surface area (Å²) < 4.78 is 6.86. The number of aromatic amines is 1. The minimum absolute atomic E-state index is 0.176. The molecule has 0 unspecified atom stereocenters. The first-order valence-electron chi connectivity index (χ1n) is 6.19. The summed E-state index contributed by atoms with van der Waals surface area (Å²) in [6, 6.07) is 5.14. The lowest BCUT2D eigenvalue weighted by atomic mass is 10.2. The second-order valence-corrected chi connectivity index (χ2v) is 4.09. The Morgan fingerprint density at radius 1 is 1.47 bits per heavy atom. The highest BCUT2D eigenvalue weighted by Gasteiger charge is 2.09. The van der Waals surface area contributed by atoms with Crippen LogP contribution in [-0.2, 0) is 11.3 Å². The third-order valence-corrected chi connectivity index (χ3v) is 2.93. The van der Waals surface area contributed by atoms with Gasteiger partial charge in [-0.1, -0.05) is 0 Å². The van der Waals surface area contributed by atoms with Crippen LogP contribution in [0.15, 0.2) is 23.0 Å². The van der Waals surface area contributed by atoms with Gasteiger partial charge < -0.3 is 15.0 Å². The Morgan fingerprint density at radius 3 is 2.95 bits per heavy atom. The van der Waals surface area contributed by atoms with Crippen LogP contribution < -0.4 is 11.0 Å². The van der Waals surface area contributed by atoms with Crippen molar-refractivity contribution in [1.82, 2.24) is 14.9 Å². The molecule has 0 saturated carbocycles. The smallest absolute Gasteiger partial charge is 0.326 e. The van der Waals surface area contributed by atoms with Crippen molar-refractivity contribution in [2.45, 2.75) is 13.5 Å². The van der Waals surface area contributed by atoms with E-state index in [0.717, 1.165) is 5.52 Å². The second-order valence-electron chi connectivity index (χ2n) is 4.09. The molecular weight excluding hydrogens is 246 g/mol. The summed E-state index contributed by atoms with van der Waals surface area (Å²) in [6.45, 7) is 3.51. The summed E-state index contributed by atoms with van der Waals surface area (Å²) in [5.74, 6) is -0.176. The molecule has 0 fully saturated rings. The fourth-order valence-corrected chi connectivity index (χ4v) is 1.97. The number of nitrogens with zero attached hydrogens (tertiary/aromatic N) is 1. The molecule has 0 radical (unpaired) electrons. The number of amides is 1. The number of rotatable bonds is 5. The first-order chi connectivity index (χ1) is 9.17. The van der Waals surface area contributed by atoms with E-state index in [1.807, 2.05) is 6.92 Å². The van der Waals surface area contributed by atoms with Crippen LogP contribution in [0.1, 0.15) is 17.3 Å². The molecule has 0 saturated heterocycles. The van der Waals surface area contributed by atoms with Gasteiger partial charge in [0.05, 0.1) is 24.2 Å². The highest BCUT2D eigenvalue weighted by atomic mass is 16.5. The molecule has 0 aliphatic rings. The largest absolute Gasteiger partial charge is 0.380 e. The van der Waals surface area contributed by atoms with Crippen molar-refractivity contribution in [1.29, 1.82) is 0 Å². The van der Waals surface area contributed by atoms with E-state index in [2.05, 4.69) is 10.3 Å². The van der Waals surface area contributed by atoms with E-state index in [-0.39, 0.29) is 11.6 Å². The number of nitrogens with one attached hydrogen (secondary N) is 2. The van der Waals surface area contributed by atoms with Gasteiger partial charge >= 0.3 is 5.69 Å². The van der Waals surface area contributed by atoms with Crippen LogP contribution in [0, 0.1) is 0 Å². The van der Waals surface area contributed by atoms with E-state index in [0.29, 0.717) is 30.8 Å². The van der Waals surface area contributed by atoms with Crippen molar-refractivity contribution >= 4 is 16.9 Å². The van der Waals surface area contributed by atoms with Crippen LogP contribution in [0.4, 0.5) is 0 Å². The summed E-state index contributed by atoms with van der Waals surface area (Å²) in [4.78, 5) is 26.1. The first-order valence-corrected chi connectivity index (χ1v) is 6.19. The van der Waals surface area contributed by atoms with Gasteiger partial charge in [-0.25, -0.2) is 4.79 Å². The molecule has 2 N–H and O–H groups in total. The lowest BCUT2D eigenvalue weighted by Gasteiger charge is -2.04. The molecular formula is C13H17N3O3. The average Bonchev–Trinajstić information content (AvgIpc) is 2.73. The van der Waals surface area contributed by atoms with Gasteiger partial charge in [-0.3, -0.25) is 9.36 Å². The Kier molecular flexibility index (Phi) is 4.01. The van der Waals surface area contributed by atoms with Gasteiger partial charge in [0.15, 0.2) is 0 Å². The fourth-order valence-electron chi connectivity index (χ4n) is 1.97. The Hall–Kier alpha value is -2.08. The number of imidazole rings is 1. The zero-order valence-corrected chi connectivity index (χ0v) is 11.0. The Balaban J connectivity index is 2.36. The van der Waals surface area contributed by atoms with Gasteiger partial charge in [0.1, 0.15) is 0 Å². The second kappa shape index (κ2) is 5.71. The van der Waals surface area contributed by atoms with Gasteiger partial charge in [-0.15, -0.1) is 0 Å². The van der Waals surface area contributed by atoms with E-state index < -0.39 is 0 Å². The molecule has 0 atom stereocenters. The minimum atomic E-state index is -0.191. The van der Waals surface area contributed by atoms with E-state index in [1.54, 1.807) is 29.8 Å². The van der Waals surface area contributed by atoms with E-state index in [4.69, 9.17) is 4.74 Å². The Labute approximate surface area is 110 Å². The zero-order valence-electron chi connectivity index (χ0n) is 11.0. The van der Waals surface area contributed by atoms with E-state index in [1.165, 1.54) is 0 Å². The average molecular weight is 263 g/mol. The highest BCUT2D eigenvalue weighted by molar-refractivity contribution is 5.97.